The molecule has 2 heterocycles. The van der Waals surface area contributed by atoms with Crippen LogP contribution in [0.1, 0.15) is 17.5 Å². The predicted molar refractivity (Wildman–Crippen MR) is 69.8 cm³/mol. The first-order valence-corrected chi connectivity index (χ1v) is 6.16. The highest BCUT2D eigenvalue weighted by molar-refractivity contribution is 7.12. The third-order valence-electron chi connectivity index (χ3n) is 2.23. The second-order valence-corrected chi connectivity index (χ2v) is 4.62. The molecule has 2 aromatic rings. The maximum Gasteiger partial charge on any atom is 0.264 e. The molecule has 0 aliphatic heterocycles. The van der Waals surface area contributed by atoms with Gasteiger partial charge in [0.15, 0.2) is 0 Å². The van der Waals surface area contributed by atoms with Gasteiger partial charge in [-0.15, -0.1) is 11.3 Å². The summed E-state index contributed by atoms with van der Waals surface area (Å²) in [6.07, 6.45) is 0.0833. The van der Waals surface area contributed by atoms with E-state index in [-0.39, 0.29) is 17.9 Å². The van der Waals surface area contributed by atoms with Crippen LogP contribution in [-0.4, -0.2) is 21.8 Å². The highest BCUT2D eigenvalue weighted by atomic mass is 32.1. The van der Waals surface area contributed by atoms with Crippen molar-refractivity contribution in [2.75, 3.05) is 0 Å². The summed E-state index contributed by atoms with van der Waals surface area (Å²) in [7, 11) is 0. The second-order valence-electron chi connectivity index (χ2n) is 3.67. The van der Waals surface area contributed by atoms with Crippen LogP contribution in [0, 0.1) is 0 Å². The Morgan fingerprint density at radius 1 is 1.50 bits per heavy atom. The molecule has 0 aliphatic carbocycles. The van der Waals surface area contributed by atoms with E-state index in [0.29, 0.717) is 5.69 Å². The van der Waals surface area contributed by atoms with Crippen LogP contribution in [0.25, 0.3) is 0 Å². The highest BCUT2D eigenvalue weighted by Gasteiger charge is 2.05. The van der Waals surface area contributed by atoms with Crippen molar-refractivity contribution in [3.63, 3.8) is 0 Å². The Hall–Kier alpha value is -2.15. The van der Waals surface area contributed by atoms with Gasteiger partial charge in [0.25, 0.3) is 5.56 Å². The first-order valence-electron chi connectivity index (χ1n) is 5.29. The van der Waals surface area contributed by atoms with E-state index >= 15 is 0 Å². The summed E-state index contributed by atoms with van der Waals surface area (Å²) in [4.78, 5) is 23.4. The molecule has 0 radical (unpaired) electrons. The van der Waals surface area contributed by atoms with E-state index in [1.807, 2.05) is 24.4 Å². The monoisotopic (exact) mass is 264 g/mol. The molecule has 0 atom stereocenters. The van der Waals surface area contributed by atoms with Gasteiger partial charge in [-0.3, -0.25) is 14.7 Å². The number of hydrogen-bond donors (Lipinski definition) is 3. The maximum absolute atomic E-state index is 11.5. The van der Waals surface area contributed by atoms with Crippen molar-refractivity contribution < 1.29 is 4.79 Å². The van der Waals surface area contributed by atoms with Crippen molar-refractivity contribution >= 4 is 23.0 Å². The lowest BCUT2D eigenvalue weighted by Gasteiger charge is -1.99. The summed E-state index contributed by atoms with van der Waals surface area (Å²) in [5, 5.41) is 10.9. The topological polar surface area (TPSA) is 90.1 Å². The lowest BCUT2D eigenvalue weighted by Crippen LogP contribution is -2.21. The number of hydrogen-bond acceptors (Lipinski definition) is 4. The van der Waals surface area contributed by atoms with Crippen molar-refractivity contribution in [2.45, 2.75) is 13.3 Å². The molecule has 2 rings (SSSR count). The van der Waals surface area contributed by atoms with Crippen LogP contribution in [0.4, 0.5) is 0 Å². The minimum atomic E-state index is -0.277. The first kappa shape index (κ1) is 12.3. The summed E-state index contributed by atoms with van der Waals surface area (Å²) >= 11 is 1.56. The quantitative estimate of drug-likeness (QED) is 0.564. The molecule has 3 N–H and O–H groups in total. The molecule has 0 aromatic carbocycles. The fourth-order valence-corrected chi connectivity index (χ4v) is 2.04. The molecule has 0 spiro atoms. The zero-order chi connectivity index (χ0) is 13.0. The maximum atomic E-state index is 11.5. The number of carbonyl (C=O) groups excluding carboxylic acids is 1. The molecule has 0 fully saturated rings. The second kappa shape index (κ2) is 5.46. The average molecular weight is 264 g/mol. The lowest BCUT2D eigenvalue weighted by atomic mass is 10.3. The van der Waals surface area contributed by atoms with Gasteiger partial charge in [0, 0.05) is 16.6 Å². The molecule has 7 heteroatoms. The average Bonchev–Trinajstić information content (AvgIpc) is 2.97. The van der Waals surface area contributed by atoms with E-state index in [4.69, 9.17) is 0 Å². The molecule has 0 bridgehead atoms. The summed E-state index contributed by atoms with van der Waals surface area (Å²) in [6.45, 7) is 1.82. The largest absolute Gasteiger partial charge is 0.302 e. The highest BCUT2D eigenvalue weighted by Crippen LogP contribution is 2.09. The van der Waals surface area contributed by atoms with Crippen LogP contribution in [0.3, 0.4) is 0 Å². The zero-order valence-corrected chi connectivity index (χ0v) is 10.5. The molecule has 0 aliphatic rings. The molecule has 18 heavy (non-hydrogen) atoms. The van der Waals surface area contributed by atoms with Crippen molar-refractivity contribution in [3.05, 3.63) is 44.5 Å². The van der Waals surface area contributed by atoms with E-state index < -0.39 is 0 Å². The van der Waals surface area contributed by atoms with Gasteiger partial charge >= 0.3 is 0 Å². The van der Waals surface area contributed by atoms with Gasteiger partial charge in [-0.05, 0) is 18.4 Å². The van der Waals surface area contributed by atoms with Gasteiger partial charge in [-0.2, -0.15) is 5.10 Å². The number of thiophene rings is 1. The van der Waals surface area contributed by atoms with E-state index in [2.05, 4.69) is 20.7 Å². The summed E-state index contributed by atoms with van der Waals surface area (Å²) in [5.41, 5.74) is 3.47. The fraction of sp³-hybridized carbons (Fsp3) is 0.182. The van der Waals surface area contributed by atoms with Gasteiger partial charge in [-0.25, -0.2) is 5.43 Å². The third-order valence-corrected chi connectivity index (χ3v) is 3.21. The predicted octanol–water partition coefficient (Wildman–Crippen LogP) is 0.847. The Morgan fingerprint density at radius 2 is 2.33 bits per heavy atom. The summed E-state index contributed by atoms with van der Waals surface area (Å²) in [6, 6.07) is 5.19. The number of amides is 1. The molecule has 0 saturated carbocycles. The Labute approximate surface area is 107 Å². The zero-order valence-electron chi connectivity index (χ0n) is 9.69. The van der Waals surface area contributed by atoms with E-state index in [1.165, 1.54) is 6.07 Å². The Morgan fingerprint density at radius 3 is 2.94 bits per heavy atom. The van der Waals surface area contributed by atoms with Gasteiger partial charge in [0.2, 0.25) is 5.91 Å². The molecule has 0 unspecified atom stereocenters. The summed E-state index contributed by atoms with van der Waals surface area (Å²) in [5.74, 6) is -0.277. The number of carbonyl (C=O) groups is 1. The van der Waals surface area contributed by atoms with Crippen LogP contribution in [-0.2, 0) is 11.2 Å². The normalized spacial score (nSPS) is 11.5. The molecule has 94 valence electrons. The molecule has 2 aromatic heterocycles. The lowest BCUT2D eigenvalue weighted by molar-refractivity contribution is -0.120. The Balaban J connectivity index is 1.92. The van der Waals surface area contributed by atoms with Crippen molar-refractivity contribution in [3.8, 4) is 0 Å². The van der Waals surface area contributed by atoms with E-state index in [0.717, 1.165) is 10.6 Å². The van der Waals surface area contributed by atoms with Crippen molar-refractivity contribution in [1.82, 2.24) is 15.6 Å². The first-order chi connectivity index (χ1) is 8.65. The van der Waals surface area contributed by atoms with E-state index in [1.54, 1.807) is 11.3 Å². The molecular formula is C11H12N4O2S. The molecule has 1 amide bonds. The van der Waals surface area contributed by atoms with Gasteiger partial charge < -0.3 is 5.10 Å². The number of aromatic nitrogens is 2. The number of nitrogens with zero attached hydrogens (tertiary/aromatic N) is 1. The number of rotatable bonds is 4. The van der Waals surface area contributed by atoms with Gasteiger partial charge in [0.05, 0.1) is 12.1 Å². The Kier molecular flexibility index (Phi) is 3.73. The number of aromatic amines is 2. The Bertz CT molecular complexity index is 609. The van der Waals surface area contributed by atoms with Crippen LogP contribution in [0.2, 0.25) is 0 Å². The minimum Gasteiger partial charge on any atom is -0.302 e. The van der Waals surface area contributed by atoms with Gasteiger partial charge in [-0.1, -0.05) is 6.07 Å². The fourth-order valence-electron chi connectivity index (χ4n) is 1.37. The van der Waals surface area contributed by atoms with Crippen LogP contribution < -0.4 is 11.0 Å². The SMILES string of the molecule is C/C(=N\NC(=O)Cc1cc(=O)[nH][nH]1)c1cccs1. The number of hydrazone groups is 1. The van der Waals surface area contributed by atoms with Crippen molar-refractivity contribution in [2.24, 2.45) is 5.10 Å². The van der Waals surface area contributed by atoms with Crippen LogP contribution in [0.5, 0.6) is 0 Å². The minimum absolute atomic E-state index is 0.0833. The number of H-pyrrole nitrogens is 2. The van der Waals surface area contributed by atoms with Gasteiger partial charge in [0.1, 0.15) is 0 Å². The van der Waals surface area contributed by atoms with Crippen molar-refractivity contribution in [1.29, 1.82) is 0 Å². The molecule has 0 saturated heterocycles. The van der Waals surface area contributed by atoms with Crippen LogP contribution >= 0.6 is 11.3 Å². The number of nitrogens with one attached hydrogen (secondary N) is 3. The standard InChI is InChI=1S/C11H12N4O2S/c1-7(9-3-2-4-18-9)12-14-10(16)5-8-6-11(17)15-13-8/h2-4,6H,5H2,1H3,(H,14,16)(H2,13,15,17)/b12-7+. The molecular weight excluding hydrogens is 252 g/mol. The smallest absolute Gasteiger partial charge is 0.264 e. The van der Waals surface area contributed by atoms with E-state index in [9.17, 15) is 9.59 Å². The van der Waals surface area contributed by atoms with Crippen LogP contribution in [0.15, 0.2) is 33.5 Å². The molecule has 6 nitrogen and oxygen atoms in total. The third kappa shape index (κ3) is 3.17. The summed E-state index contributed by atoms with van der Waals surface area (Å²) < 4.78 is 0.